The van der Waals surface area contributed by atoms with Crippen LogP contribution in [0.1, 0.15) is 44.1 Å². The Hall–Kier alpha value is -1.95. The van der Waals surface area contributed by atoms with Gasteiger partial charge in [0.2, 0.25) is 11.8 Å². The minimum absolute atomic E-state index is 0.0399. The Balaban J connectivity index is 1.37. The molecule has 0 bridgehead atoms. The van der Waals surface area contributed by atoms with Crippen molar-refractivity contribution in [3.63, 3.8) is 0 Å². The number of amides is 2. The number of carbonyl (C=O) groups is 2. The minimum atomic E-state index is -0.282. The van der Waals surface area contributed by atoms with Crippen LogP contribution in [0.4, 0.5) is 4.39 Å². The van der Waals surface area contributed by atoms with Crippen molar-refractivity contribution in [1.82, 2.24) is 15.1 Å². The van der Waals surface area contributed by atoms with Gasteiger partial charge in [0.25, 0.3) is 0 Å². The lowest BCUT2D eigenvalue weighted by Crippen LogP contribution is -2.58. The molecule has 1 aromatic rings. The number of benzene rings is 1. The molecule has 0 spiro atoms. The maximum absolute atomic E-state index is 13.4. The maximum atomic E-state index is 13.4. The molecule has 1 aliphatic heterocycles. The highest BCUT2D eigenvalue weighted by atomic mass is 19.1. The Bertz CT molecular complexity index is 707. The highest BCUT2D eigenvalue weighted by Crippen LogP contribution is 2.33. The molecule has 5 nitrogen and oxygen atoms in total. The van der Waals surface area contributed by atoms with Crippen LogP contribution in [0, 0.1) is 17.7 Å². The lowest BCUT2D eigenvalue weighted by molar-refractivity contribution is -0.136. The Labute approximate surface area is 166 Å². The fourth-order valence-corrected chi connectivity index (χ4v) is 4.70. The zero-order valence-electron chi connectivity index (χ0n) is 16.4. The van der Waals surface area contributed by atoms with Crippen molar-refractivity contribution in [2.24, 2.45) is 11.8 Å². The summed E-state index contributed by atoms with van der Waals surface area (Å²) in [6, 6.07) is 6.23. The molecule has 1 heterocycles. The van der Waals surface area contributed by atoms with Gasteiger partial charge in [0.05, 0.1) is 6.04 Å². The number of nitrogens with one attached hydrogen (secondary N) is 1. The van der Waals surface area contributed by atoms with Crippen molar-refractivity contribution in [3.8, 4) is 0 Å². The fourth-order valence-electron chi connectivity index (χ4n) is 4.70. The predicted octanol–water partition coefficient (Wildman–Crippen LogP) is 2.55. The molecule has 1 saturated heterocycles. The van der Waals surface area contributed by atoms with Crippen LogP contribution in [0.2, 0.25) is 0 Å². The second-order valence-electron chi connectivity index (χ2n) is 8.47. The zero-order chi connectivity index (χ0) is 19.5. The van der Waals surface area contributed by atoms with Gasteiger partial charge in [-0.15, -0.1) is 0 Å². The number of halogens is 1. The van der Waals surface area contributed by atoms with E-state index in [0.29, 0.717) is 18.4 Å². The number of rotatable bonds is 6. The number of hydrogen-bond donors (Lipinski definition) is 1. The predicted molar refractivity (Wildman–Crippen MR) is 105 cm³/mol. The van der Waals surface area contributed by atoms with E-state index < -0.39 is 0 Å². The molecule has 2 aliphatic carbocycles. The molecule has 1 N–H and O–H groups in total. The average molecular weight is 387 g/mol. The molecule has 0 aromatic heterocycles. The van der Waals surface area contributed by atoms with Gasteiger partial charge in [0, 0.05) is 38.6 Å². The number of carbonyl (C=O) groups excluding carboxylic acids is 2. The molecule has 3 fully saturated rings. The third-order valence-electron chi connectivity index (χ3n) is 6.42. The monoisotopic (exact) mass is 387 g/mol. The minimum Gasteiger partial charge on any atom is -0.351 e. The summed E-state index contributed by atoms with van der Waals surface area (Å²) in [5.41, 5.74) is 0.776. The van der Waals surface area contributed by atoms with E-state index >= 15 is 0 Å². The molecule has 1 aromatic carbocycles. The van der Waals surface area contributed by atoms with E-state index in [9.17, 15) is 14.0 Å². The van der Waals surface area contributed by atoms with Crippen molar-refractivity contribution in [2.75, 3.05) is 26.2 Å². The van der Waals surface area contributed by atoms with Crippen LogP contribution < -0.4 is 5.32 Å². The molecule has 1 atom stereocenters. The number of piperazine rings is 1. The van der Waals surface area contributed by atoms with Gasteiger partial charge in [0.1, 0.15) is 5.82 Å². The summed E-state index contributed by atoms with van der Waals surface area (Å²) in [4.78, 5) is 29.7. The molecule has 28 heavy (non-hydrogen) atoms. The van der Waals surface area contributed by atoms with E-state index in [4.69, 9.17) is 0 Å². The SMILES string of the molecule is O=C(NCc1cccc(F)c1)C(C1CCCC1)N1CCN(C(=O)C2CC2)CC1. The lowest BCUT2D eigenvalue weighted by Gasteiger charge is -2.40. The molecule has 2 saturated carbocycles. The van der Waals surface area contributed by atoms with Crippen LogP contribution in [-0.2, 0) is 16.1 Å². The first-order valence-corrected chi connectivity index (χ1v) is 10.7. The molecule has 0 radical (unpaired) electrons. The zero-order valence-corrected chi connectivity index (χ0v) is 16.4. The van der Waals surface area contributed by atoms with Crippen molar-refractivity contribution in [1.29, 1.82) is 0 Å². The maximum Gasteiger partial charge on any atom is 0.237 e. The molecule has 3 aliphatic rings. The van der Waals surface area contributed by atoms with Gasteiger partial charge in [0.15, 0.2) is 0 Å². The second-order valence-corrected chi connectivity index (χ2v) is 8.47. The summed E-state index contributed by atoms with van der Waals surface area (Å²) in [5, 5.41) is 3.03. The summed E-state index contributed by atoms with van der Waals surface area (Å²) >= 11 is 0. The van der Waals surface area contributed by atoms with E-state index in [1.165, 1.54) is 25.0 Å². The topological polar surface area (TPSA) is 52.7 Å². The standard InChI is InChI=1S/C22H30FN3O2/c23-19-7-3-4-16(14-19)15-24-21(27)20(17-5-1-2-6-17)25-10-12-26(13-11-25)22(28)18-8-9-18/h3-4,7,14,17-18,20H,1-2,5-6,8-13,15H2,(H,24,27). The molecule has 6 heteroatoms. The van der Waals surface area contributed by atoms with E-state index in [0.717, 1.165) is 57.4 Å². The van der Waals surface area contributed by atoms with Gasteiger partial charge in [-0.05, 0) is 49.3 Å². The molecular formula is C22H30FN3O2. The number of nitrogens with zero attached hydrogens (tertiary/aromatic N) is 2. The Morgan fingerprint density at radius 3 is 2.43 bits per heavy atom. The average Bonchev–Trinajstić information content (AvgIpc) is 3.43. The van der Waals surface area contributed by atoms with E-state index in [1.54, 1.807) is 6.07 Å². The van der Waals surface area contributed by atoms with Gasteiger partial charge < -0.3 is 10.2 Å². The summed E-state index contributed by atoms with van der Waals surface area (Å²) in [5.74, 6) is 0.686. The van der Waals surface area contributed by atoms with Crippen LogP contribution in [0.15, 0.2) is 24.3 Å². The van der Waals surface area contributed by atoms with E-state index in [-0.39, 0.29) is 23.7 Å². The first-order chi connectivity index (χ1) is 13.6. The van der Waals surface area contributed by atoms with Gasteiger partial charge in [-0.25, -0.2) is 4.39 Å². The molecule has 2 amide bonds. The van der Waals surface area contributed by atoms with Crippen molar-refractivity contribution < 1.29 is 14.0 Å². The first kappa shape index (κ1) is 19.4. The summed E-state index contributed by atoms with van der Waals surface area (Å²) in [6.07, 6.45) is 6.59. The van der Waals surface area contributed by atoms with Crippen LogP contribution in [0.5, 0.6) is 0 Å². The highest BCUT2D eigenvalue weighted by Gasteiger charge is 2.39. The van der Waals surface area contributed by atoms with Crippen molar-refractivity contribution in [3.05, 3.63) is 35.6 Å². The third kappa shape index (κ3) is 4.54. The second kappa shape index (κ2) is 8.60. The molecule has 1 unspecified atom stereocenters. The molecule has 4 rings (SSSR count). The van der Waals surface area contributed by atoms with Crippen LogP contribution >= 0.6 is 0 Å². The Kier molecular flexibility index (Phi) is 5.95. The van der Waals surface area contributed by atoms with Crippen molar-refractivity contribution >= 4 is 11.8 Å². The normalized spacial score (nSPS) is 22.2. The summed E-state index contributed by atoms with van der Waals surface area (Å²) < 4.78 is 13.4. The smallest absolute Gasteiger partial charge is 0.237 e. The molecule has 152 valence electrons. The van der Waals surface area contributed by atoms with E-state index in [1.807, 2.05) is 11.0 Å². The van der Waals surface area contributed by atoms with Gasteiger partial charge >= 0.3 is 0 Å². The quantitative estimate of drug-likeness (QED) is 0.816. The van der Waals surface area contributed by atoms with Gasteiger partial charge in [-0.2, -0.15) is 0 Å². The number of hydrogen-bond acceptors (Lipinski definition) is 3. The third-order valence-corrected chi connectivity index (χ3v) is 6.42. The summed E-state index contributed by atoms with van der Waals surface area (Å²) in [6.45, 7) is 3.30. The largest absolute Gasteiger partial charge is 0.351 e. The van der Waals surface area contributed by atoms with Crippen LogP contribution in [0.25, 0.3) is 0 Å². The van der Waals surface area contributed by atoms with Gasteiger partial charge in [-0.1, -0.05) is 25.0 Å². The fraction of sp³-hybridized carbons (Fsp3) is 0.636. The van der Waals surface area contributed by atoms with Crippen LogP contribution in [-0.4, -0.2) is 53.8 Å². The lowest BCUT2D eigenvalue weighted by atomic mass is 9.95. The first-order valence-electron chi connectivity index (χ1n) is 10.7. The van der Waals surface area contributed by atoms with E-state index in [2.05, 4.69) is 10.2 Å². The highest BCUT2D eigenvalue weighted by molar-refractivity contribution is 5.83. The van der Waals surface area contributed by atoms with Gasteiger partial charge in [-0.3, -0.25) is 14.5 Å². The molecular weight excluding hydrogens is 357 g/mol. The Morgan fingerprint density at radius 1 is 1.07 bits per heavy atom. The Morgan fingerprint density at radius 2 is 1.79 bits per heavy atom. The van der Waals surface area contributed by atoms with Crippen molar-refractivity contribution in [2.45, 2.75) is 51.1 Å². The van der Waals surface area contributed by atoms with Crippen LogP contribution in [0.3, 0.4) is 0 Å². The summed E-state index contributed by atoms with van der Waals surface area (Å²) in [7, 11) is 0.